The molecule has 0 aliphatic carbocycles. The number of piperazine rings is 1. The molecule has 110 valence electrons. The topological polar surface area (TPSA) is 39.3 Å². The minimum atomic E-state index is 0.0834. The van der Waals surface area contributed by atoms with Crippen molar-refractivity contribution >= 4 is 21.8 Å². The molecule has 1 aromatic carbocycles. The average molecular weight is 348 g/mol. The van der Waals surface area contributed by atoms with E-state index in [2.05, 4.69) is 50.1 Å². The molecule has 1 amide bonds. The number of hydrogen-bond acceptors (Lipinski definition) is 2. The van der Waals surface area contributed by atoms with E-state index in [1.165, 1.54) is 5.56 Å². The standard InChI is InChI=1S/C16H18BrN3O/c17-14-10-15(18-11-14)16(21)20-8-6-19(7-9-20)12-13-4-2-1-3-5-13/h1-5,10-11,18H,6-9,12H2. The number of benzene rings is 1. The molecule has 1 N–H and O–H groups in total. The van der Waals surface area contributed by atoms with Crippen LogP contribution in [0, 0.1) is 0 Å². The van der Waals surface area contributed by atoms with Gasteiger partial charge in [-0.05, 0) is 27.6 Å². The molecule has 2 heterocycles. The molecule has 0 spiro atoms. The average Bonchev–Trinajstić information content (AvgIpc) is 2.95. The van der Waals surface area contributed by atoms with E-state index in [4.69, 9.17) is 0 Å². The highest BCUT2D eigenvalue weighted by atomic mass is 79.9. The van der Waals surface area contributed by atoms with Gasteiger partial charge in [0.1, 0.15) is 5.69 Å². The Hall–Kier alpha value is -1.59. The fourth-order valence-electron chi connectivity index (χ4n) is 2.61. The van der Waals surface area contributed by atoms with Gasteiger partial charge in [-0.15, -0.1) is 0 Å². The fraction of sp³-hybridized carbons (Fsp3) is 0.312. The van der Waals surface area contributed by atoms with Crippen LogP contribution >= 0.6 is 15.9 Å². The minimum absolute atomic E-state index is 0.0834. The third-order valence-electron chi connectivity index (χ3n) is 3.79. The number of rotatable bonds is 3. The maximum atomic E-state index is 12.3. The monoisotopic (exact) mass is 347 g/mol. The van der Waals surface area contributed by atoms with Crippen LogP contribution in [0.4, 0.5) is 0 Å². The second-order valence-electron chi connectivity index (χ2n) is 5.29. The third kappa shape index (κ3) is 3.54. The van der Waals surface area contributed by atoms with Crippen molar-refractivity contribution < 1.29 is 4.79 Å². The summed E-state index contributed by atoms with van der Waals surface area (Å²) in [6.07, 6.45) is 1.79. The molecule has 0 bridgehead atoms. The number of aromatic amines is 1. The number of amides is 1. The summed E-state index contributed by atoms with van der Waals surface area (Å²) in [5, 5.41) is 0. The van der Waals surface area contributed by atoms with Crippen LogP contribution in [0.25, 0.3) is 0 Å². The van der Waals surface area contributed by atoms with Gasteiger partial charge in [-0.2, -0.15) is 0 Å². The lowest BCUT2D eigenvalue weighted by Crippen LogP contribution is -2.48. The van der Waals surface area contributed by atoms with Gasteiger partial charge in [-0.3, -0.25) is 9.69 Å². The van der Waals surface area contributed by atoms with Gasteiger partial charge in [0, 0.05) is 43.4 Å². The number of halogens is 1. The summed E-state index contributed by atoms with van der Waals surface area (Å²) in [5.74, 6) is 0.0834. The number of H-pyrrole nitrogens is 1. The van der Waals surface area contributed by atoms with Crippen molar-refractivity contribution in [3.05, 3.63) is 58.3 Å². The second-order valence-corrected chi connectivity index (χ2v) is 6.20. The molecule has 1 aliphatic heterocycles. The Balaban J connectivity index is 1.54. The van der Waals surface area contributed by atoms with Gasteiger partial charge in [-0.25, -0.2) is 0 Å². The maximum Gasteiger partial charge on any atom is 0.270 e. The summed E-state index contributed by atoms with van der Waals surface area (Å²) in [6, 6.07) is 12.3. The number of nitrogens with one attached hydrogen (secondary N) is 1. The molecule has 1 aromatic heterocycles. The SMILES string of the molecule is O=C(c1cc(Br)c[nH]1)N1CCN(Cc2ccccc2)CC1. The van der Waals surface area contributed by atoms with Gasteiger partial charge >= 0.3 is 0 Å². The molecule has 1 fully saturated rings. The second kappa shape index (κ2) is 6.45. The normalized spacial score (nSPS) is 16.1. The van der Waals surface area contributed by atoms with Crippen molar-refractivity contribution in [2.45, 2.75) is 6.54 Å². The van der Waals surface area contributed by atoms with Gasteiger partial charge in [0.15, 0.2) is 0 Å². The lowest BCUT2D eigenvalue weighted by atomic mass is 10.2. The summed E-state index contributed by atoms with van der Waals surface area (Å²) < 4.78 is 0.911. The molecule has 5 heteroatoms. The molecule has 1 aliphatic rings. The Morgan fingerprint density at radius 2 is 1.86 bits per heavy atom. The molecule has 0 atom stereocenters. The highest BCUT2D eigenvalue weighted by Gasteiger charge is 2.22. The first-order valence-corrected chi connectivity index (χ1v) is 7.91. The predicted molar refractivity (Wildman–Crippen MR) is 86.1 cm³/mol. The molecule has 0 unspecified atom stereocenters. The number of hydrogen-bond donors (Lipinski definition) is 1. The summed E-state index contributed by atoms with van der Waals surface area (Å²) in [7, 11) is 0. The first-order chi connectivity index (χ1) is 10.2. The van der Waals surface area contributed by atoms with Gasteiger partial charge < -0.3 is 9.88 Å². The molecular weight excluding hydrogens is 330 g/mol. The van der Waals surface area contributed by atoms with E-state index in [9.17, 15) is 4.79 Å². The van der Waals surface area contributed by atoms with Gasteiger partial charge in [-0.1, -0.05) is 30.3 Å². The number of aromatic nitrogens is 1. The highest BCUT2D eigenvalue weighted by Crippen LogP contribution is 2.14. The highest BCUT2D eigenvalue weighted by molar-refractivity contribution is 9.10. The lowest BCUT2D eigenvalue weighted by Gasteiger charge is -2.34. The first-order valence-electron chi connectivity index (χ1n) is 7.12. The van der Waals surface area contributed by atoms with Crippen molar-refractivity contribution in [1.29, 1.82) is 0 Å². The van der Waals surface area contributed by atoms with Gasteiger partial charge in [0.25, 0.3) is 5.91 Å². The van der Waals surface area contributed by atoms with E-state index in [1.54, 1.807) is 6.20 Å². The van der Waals surface area contributed by atoms with Crippen LogP contribution in [-0.4, -0.2) is 46.9 Å². The van der Waals surface area contributed by atoms with Crippen LogP contribution in [0.2, 0.25) is 0 Å². The Morgan fingerprint density at radius 1 is 1.14 bits per heavy atom. The first kappa shape index (κ1) is 14.4. The van der Waals surface area contributed by atoms with Crippen molar-refractivity contribution in [2.24, 2.45) is 0 Å². The predicted octanol–water partition coefficient (Wildman–Crippen LogP) is 2.74. The summed E-state index contributed by atoms with van der Waals surface area (Å²) in [4.78, 5) is 19.6. The Bertz CT molecular complexity index is 603. The Labute approximate surface area is 132 Å². The van der Waals surface area contributed by atoms with Crippen molar-refractivity contribution in [1.82, 2.24) is 14.8 Å². The van der Waals surface area contributed by atoms with Crippen molar-refractivity contribution in [3.8, 4) is 0 Å². The molecule has 2 aromatic rings. The zero-order chi connectivity index (χ0) is 14.7. The molecule has 4 nitrogen and oxygen atoms in total. The van der Waals surface area contributed by atoms with Crippen molar-refractivity contribution in [2.75, 3.05) is 26.2 Å². The molecule has 0 saturated carbocycles. The molecular formula is C16H18BrN3O. The van der Waals surface area contributed by atoms with Crippen LogP contribution in [-0.2, 0) is 6.54 Å². The maximum absolute atomic E-state index is 12.3. The van der Waals surface area contributed by atoms with Crippen LogP contribution in [0.1, 0.15) is 16.1 Å². The summed E-state index contributed by atoms with van der Waals surface area (Å²) >= 11 is 3.36. The van der Waals surface area contributed by atoms with Crippen LogP contribution in [0.3, 0.4) is 0 Å². The molecule has 3 rings (SSSR count). The van der Waals surface area contributed by atoms with Crippen LogP contribution in [0.15, 0.2) is 47.1 Å². The van der Waals surface area contributed by atoms with E-state index >= 15 is 0 Å². The fourth-order valence-corrected chi connectivity index (χ4v) is 2.96. The van der Waals surface area contributed by atoms with E-state index in [0.29, 0.717) is 5.69 Å². The van der Waals surface area contributed by atoms with E-state index in [-0.39, 0.29) is 5.91 Å². The quantitative estimate of drug-likeness (QED) is 0.927. The smallest absolute Gasteiger partial charge is 0.270 e. The van der Waals surface area contributed by atoms with Crippen LogP contribution < -0.4 is 0 Å². The van der Waals surface area contributed by atoms with Gasteiger partial charge in [0.2, 0.25) is 0 Å². The van der Waals surface area contributed by atoms with E-state index in [0.717, 1.165) is 37.2 Å². The minimum Gasteiger partial charge on any atom is -0.356 e. The Morgan fingerprint density at radius 3 is 2.48 bits per heavy atom. The largest absolute Gasteiger partial charge is 0.356 e. The molecule has 1 saturated heterocycles. The summed E-state index contributed by atoms with van der Waals surface area (Å²) in [6.45, 7) is 4.35. The number of carbonyl (C=O) groups is 1. The van der Waals surface area contributed by atoms with E-state index < -0.39 is 0 Å². The van der Waals surface area contributed by atoms with E-state index in [1.807, 2.05) is 17.0 Å². The number of carbonyl (C=O) groups excluding carboxylic acids is 1. The lowest BCUT2D eigenvalue weighted by molar-refractivity contribution is 0.0623. The zero-order valence-corrected chi connectivity index (χ0v) is 13.3. The third-order valence-corrected chi connectivity index (χ3v) is 4.24. The zero-order valence-electron chi connectivity index (χ0n) is 11.8. The Kier molecular flexibility index (Phi) is 4.41. The van der Waals surface area contributed by atoms with Crippen molar-refractivity contribution in [3.63, 3.8) is 0 Å². The van der Waals surface area contributed by atoms with Crippen LogP contribution in [0.5, 0.6) is 0 Å². The summed E-state index contributed by atoms with van der Waals surface area (Å²) in [5.41, 5.74) is 1.98. The molecule has 21 heavy (non-hydrogen) atoms. The number of nitrogens with zero attached hydrogens (tertiary/aromatic N) is 2. The molecule has 0 radical (unpaired) electrons. The van der Waals surface area contributed by atoms with Gasteiger partial charge in [0.05, 0.1) is 0 Å².